The Kier molecular flexibility index (Phi) is 4.34. The topological polar surface area (TPSA) is 62.2 Å². The van der Waals surface area contributed by atoms with Crippen LogP contribution in [0, 0.1) is 18.8 Å². The lowest BCUT2D eigenvalue weighted by Gasteiger charge is -2.05. The van der Waals surface area contributed by atoms with E-state index >= 15 is 0 Å². The van der Waals surface area contributed by atoms with E-state index in [9.17, 15) is 4.79 Å². The summed E-state index contributed by atoms with van der Waals surface area (Å²) in [7, 11) is 0. The Balaban J connectivity index is 2.71. The van der Waals surface area contributed by atoms with Gasteiger partial charge in [-0.15, -0.1) is 11.8 Å². The summed E-state index contributed by atoms with van der Waals surface area (Å²) in [6, 6.07) is 3.35. The fraction of sp³-hybridized carbons (Fsp3) is 0.333. The van der Waals surface area contributed by atoms with Crippen LogP contribution in [0.3, 0.4) is 0 Å². The maximum absolute atomic E-state index is 10.8. The third kappa shape index (κ3) is 3.62. The van der Waals surface area contributed by atoms with Gasteiger partial charge in [-0.25, -0.2) is 9.78 Å². The van der Waals surface area contributed by atoms with Crippen molar-refractivity contribution >= 4 is 11.8 Å². The number of aryl methyl sites for hydroxylation is 1. The molecule has 84 valence electrons. The Bertz CT molecular complexity index is 444. The van der Waals surface area contributed by atoms with Gasteiger partial charge in [0.1, 0.15) is 5.82 Å². The van der Waals surface area contributed by atoms with Gasteiger partial charge < -0.3 is 10.4 Å². The van der Waals surface area contributed by atoms with Crippen molar-refractivity contribution in [1.29, 1.82) is 0 Å². The molecule has 0 unspecified atom stereocenters. The average molecular weight is 218 g/mol. The van der Waals surface area contributed by atoms with Crippen molar-refractivity contribution < 1.29 is 9.90 Å². The predicted octanol–water partition coefficient (Wildman–Crippen LogP) is 1.91. The molecule has 1 rings (SSSR count). The zero-order valence-corrected chi connectivity index (χ0v) is 9.37. The molecule has 0 bridgehead atoms. The molecule has 0 atom stereocenters. The van der Waals surface area contributed by atoms with Gasteiger partial charge in [0.25, 0.3) is 0 Å². The van der Waals surface area contributed by atoms with Crippen molar-refractivity contribution in [3.8, 4) is 11.8 Å². The number of carboxylic acids is 1. The molecule has 0 aliphatic carbocycles. The quantitative estimate of drug-likeness (QED) is 0.598. The first-order valence-electron chi connectivity index (χ1n) is 4.99. The van der Waals surface area contributed by atoms with Crippen LogP contribution in [0.15, 0.2) is 12.1 Å². The van der Waals surface area contributed by atoms with E-state index in [4.69, 9.17) is 5.11 Å². The molecule has 0 spiro atoms. The van der Waals surface area contributed by atoms with Crippen LogP contribution in [0.2, 0.25) is 0 Å². The van der Waals surface area contributed by atoms with Crippen LogP contribution in [0.25, 0.3) is 0 Å². The summed E-state index contributed by atoms with van der Waals surface area (Å²) in [6.45, 7) is 4.29. The molecule has 1 aromatic heterocycles. The molecule has 0 radical (unpaired) electrons. The molecule has 0 fully saturated rings. The van der Waals surface area contributed by atoms with Gasteiger partial charge in [0, 0.05) is 13.0 Å². The zero-order valence-electron chi connectivity index (χ0n) is 9.37. The van der Waals surface area contributed by atoms with Crippen molar-refractivity contribution in [3.63, 3.8) is 0 Å². The largest absolute Gasteiger partial charge is 0.477 e. The van der Waals surface area contributed by atoms with Crippen LogP contribution >= 0.6 is 0 Å². The molecule has 2 N–H and O–H groups in total. The lowest BCUT2D eigenvalue weighted by molar-refractivity contribution is 0.0690. The average Bonchev–Trinajstić information content (AvgIpc) is 2.23. The van der Waals surface area contributed by atoms with Crippen LogP contribution in [0.5, 0.6) is 0 Å². The molecule has 0 aliphatic rings. The number of pyridine rings is 1. The zero-order chi connectivity index (χ0) is 12.0. The molecule has 4 heteroatoms. The summed E-state index contributed by atoms with van der Waals surface area (Å²) in [6.07, 6.45) is 0.717. The first kappa shape index (κ1) is 12.1. The molecule has 16 heavy (non-hydrogen) atoms. The fourth-order valence-corrected chi connectivity index (χ4v) is 1.25. The van der Waals surface area contributed by atoms with Gasteiger partial charge in [-0.3, -0.25) is 0 Å². The molecule has 1 heterocycles. The van der Waals surface area contributed by atoms with Gasteiger partial charge in [0.05, 0.1) is 0 Å². The van der Waals surface area contributed by atoms with Crippen molar-refractivity contribution in [1.82, 2.24) is 4.98 Å². The Morgan fingerprint density at radius 1 is 1.56 bits per heavy atom. The smallest absolute Gasteiger partial charge is 0.354 e. The summed E-state index contributed by atoms with van der Waals surface area (Å²) < 4.78 is 0. The summed E-state index contributed by atoms with van der Waals surface area (Å²) in [5, 5.41) is 11.9. The van der Waals surface area contributed by atoms with E-state index in [0.717, 1.165) is 5.56 Å². The van der Waals surface area contributed by atoms with Gasteiger partial charge in [-0.05, 0) is 31.5 Å². The van der Waals surface area contributed by atoms with Gasteiger partial charge >= 0.3 is 5.97 Å². The van der Waals surface area contributed by atoms with E-state index in [1.807, 2.05) is 13.0 Å². The van der Waals surface area contributed by atoms with Crippen molar-refractivity contribution in [2.24, 2.45) is 0 Å². The molecule has 4 nitrogen and oxygen atoms in total. The second-order valence-electron chi connectivity index (χ2n) is 3.32. The van der Waals surface area contributed by atoms with E-state index < -0.39 is 5.97 Å². The Labute approximate surface area is 94.7 Å². The number of carboxylic acid groups (broad SMARTS) is 1. The molecule has 0 amide bonds. The fourth-order valence-electron chi connectivity index (χ4n) is 1.25. The highest BCUT2D eigenvalue weighted by Gasteiger charge is 2.06. The Morgan fingerprint density at radius 3 is 2.94 bits per heavy atom. The lowest BCUT2D eigenvalue weighted by atomic mass is 10.2. The second kappa shape index (κ2) is 5.76. The molecular formula is C12H14N2O2. The van der Waals surface area contributed by atoms with Gasteiger partial charge in [-0.1, -0.05) is 0 Å². The number of hydrogen-bond acceptors (Lipinski definition) is 3. The molecule has 0 saturated carbocycles. The minimum Gasteiger partial charge on any atom is -0.477 e. The van der Waals surface area contributed by atoms with Crippen LogP contribution in [-0.4, -0.2) is 22.6 Å². The Morgan fingerprint density at radius 2 is 2.31 bits per heavy atom. The first-order chi connectivity index (χ1) is 7.63. The van der Waals surface area contributed by atoms with Gasteiger partial charge in [0.15, 0.2) is 5.69 Å². The van der Waals surface area contributed by atoms with Crippen molar-refractivity contribution in [2.45, 2.75) is 20.3 Å². The highest BCUT2D eigenvalue weighted by Crippen LogP contribution is 2.09. The summed E-state index contributed by atoms with van der Waals surface area (Å²) >= 11 is 0. The Hall–Kier alpha value is -2.02. The summed E-state index contributed by atoms with van der Waals surface area (Å²) in [5.74, 6) is 5.27. The summed E-state index contributed by atoms with van der Waals surface area (Å²) in [5.41, 5.74) is 0.931. The SMILES string of the molecule is CC#CCCNc1cc(C)cc(C(=O)O)n1. The number of aromatic nitrogens is 1. The number of anilines is 1. The monoisotopic (exact) mass is 218 g/mol. The number of nitrogens with zero attached hydrogens (tertiary/aromatic N) is 1. The van der Waals surface area contributed by atoms with Crippen LogP contribution in [0.1, 0.15) is 29.4 Å². The number of carbonyl (C=O) groups is 1. The van der Waals surface area contributed by atoms with Crippen molar-refractivity contribution in [3.05, 3.63) is 23.4 Å². The van der Waals surface area contributed by atoms with E-state index in [-0.39, 0.29) is 5.69 Å². The maximum Gasteiger partial charge on any atom is 0.354 e. The molecule has 0 saturated heterocycles. The number of aromatic carboxylic acids is 1. The minimum atomic E-state index is -1.01. The predicted molar refractivity (Wildman–Crippen MR) is 62.5 cm³/mol. The van der Waals surface area contributed by atoms with Crippen LogP contribution in [0.4, 0.5) is 5.82 Å². The number of nitrogens with one attached hydrogen (secondary N) is 1. The minimum absolute atomic E-state index is 0.0593. The highest BCUT2D eigenvalue weighted by atomic mass is 16.4. The molecule has 1 aromatic rings. The molecule has 0 aromatic carbocycles. The summed E-state index contributed by atoms with van der Waals surface area (Å²) in [4.78, 5) is 14.7. The van der Waals surface area contributed by atoms with Gasteiger partial charge in [-0.2, -0.15) is 0 Å². The van der Waals surface area contributed by atoms with E-state index in [0.29, 0.717) is 18.8 Å². The number of rotatable bonds is 4. The first-order valence-corrected chi connectivity index (χ1v) is 4.99. The van der Waals surface area contributed by atoms with E-state index in [1.165, 1.54) is 0 Å². The normalized spacial score (nSPS) is 9.12. The third-order valence-corrected chi connectivity index (χ3v) is 1.92. The van der Waals surface area contributed by atoms with E-state index in [1.54, 1.807) is 13.0 Å². The van der Waals surface area contributed by atoms with Gasteiger partial charge in [0.2, 0.25) is 0 Å². The maximum atomic E-state index is 10.8. The number of hydrogen-bond donors (Lipinski definition) is 2. The molecular weight excluding hydrogens is 204 g/mol. The molecule has 0 aliphatic heterocycles. The van der Waals surface area contributed by atoms with Crippen LogP contribution < -0.4 is 5.32 Å². The van der Waals surface area contributed by atoms with E-state index in [2.05, 4.69) is 22.1 Å². The van der Waals surface area contributed by atoms with Crippen molar-refractivity contribution in [2.75, 3.05) is 11.9 Å². The second-order valence-corrected chi connectivity index (χ2v) is 3.32. The highest BCUT2D eigenvalue weighted by molar-refractivity contribution is 5.86. The standard InChI is InChI=1S/C12H14N2O2/c1-3-4-5-6-13-11-8-9(2)7-10(14-11)12(15)16/h7-8H,5-6H2,1-2H3,(H,13,14)(H,15,16). The lowest BCUT2D eigenvalue weighted by Crippen LogP contribution is -2.07. The third-order valence-electron chi connectivity index (χ3n) is 1.92. The van der Waals surface area contributed by atoms with Crippen LogP contribution in [-0.2, 0) is 0 Å².